The number of methoxy groups -OCH3 is 2. The van der Waals surface area contributed by atoms with Gasteiger partial charge in [-0.25, -0.2) is 0 Å². The predicted octanol–water partition coefficient (Wildman–Crippen LogP) is 3.71. The van der Waals surface area contributed by atoms with Crippen LogP contribution in [-0.4, -0.2) is 26.0 Å². The SMILES string of the molecule is COc1ccc(NC(=O)C(=O)Nc2c(C)cccc2C(C)C)cc1OC. The van der Waals surface area contributed by atoms with Gasteiger partial charge in [-0.05, 0) is 36.1 Å². The minimum Gasteiger partial charge on any atom is -0.493 e. The maximum absolute atomic E-state index is 12.3. The van der Waals surface area contributed by atoms with Crippen molar-refractivity contribution < 1.29 is 19.1 Å². The highest BCUT2D eigenvalue weighted by Gasteiger charge is 2.18. The van der Waals surface area contributed by atoms with E-state index < -0.39 is 11.8 Å². The molecule has 2 aromatic rings. The van der Waals surface area contributed by atoms with E-state index in [1.807, 2.05) is 39.0 Å². The summed E-state index contributed by atoms with van der Waals surface area (Å²) in [6.07, 6.45) is 0. The Balaban J connectivity index is 2.15. The van der Waals surface area contributed by atoms with Gasteiger partial charge in [-0.3, -0.25) is 9.59 Å². The molecule has 6 nitrogen and oxygen atoms in total. The highest BCUT2D eigenvalue weighted by molar-refractivity contribution is 6.43. The first kappa shape index (κ1) is 19.3. The Labute approximate surface area is 153 Å². The quantitative estimate of drug-likeness (QED) is 0.801. The van der Waals surface area contributed by atoms with Crippen LogP contribution in [-0.2, 0) is 9.59 Å². The van der Waals surface area contributed by atoms with E-state index in [4.69, 9.17) is 9.47 Å². The number of nitrogens with one attached hydrogen (secondary N) is 2. The Bertz CT molecular complexity index is 815. The van der Waals surface area contributed by atoms with E-state index in [0.29, 0.717) is 22.9 Å². The summed E-state index contributed by atoms with van der Waals surface area (Å²) in [5.41, 5.74) is 3.01. The fraction of sp³-hybridized carbons (Fsp3) is 0.300. The number of amides is 2. The number of aryl methyl sites for hydroxylation is 1. The molecule has 0 aromatic heterocycles. The van der Waals surface area contributed by atoms with Gasteiger partial charge >= 0.3 is 11.8 Å². The molecule has 0 spiro atoms. The van der Waals surface area contributed by atoms with E-state index >= 15 is 0 Å². The molecule has 0 fully saturated rings. The molecular formula is C20H24N2O4. The van der Waals surface area contributed by atoms with Gasteiger partial charge in [0.05, 0.1) is 14.2 Å². The number of anilines is 2. The Morgan fingerprint density at radius 3 is 2.19 bits per heavy atom. The van der Waals surface area contributed by atoms with E-state index in [0.717, 1.165) is 11.1 Å². The first-order valence-corrected chi connectivity index (χ1v) is 8.31. The monoisotopic (exact) mass is 356 g/mol. The first-order valence-electron chi connectivity index (χ1n) is 8.31. The van der Waals surface area contributed by atoms with Crippen molar-refractivity contribution in [1.82, 2.24) is 0 Å². The summed E-state index contributed by atoms with van der Waals surface area (Å²) in [6, 6.07) is 10.7. The van der Waals surface area contributed by atoms with Gasteiger partial charge in [0.25, 0.3) is 0 Å². The molecule has 138 valence electrons. The maximum Gasteiger partial charge on any atom is 0.314 e. The molecule has 2 amide bonds. The molecule has 0 aliphatic heterocycles. The summed E-state index contributed by atoms with van der Waals surface area (Å²) in [4.78, 5) is 24.6. The Morgan fingerprint density at radius 1 is 0.923 bits per heavy atom. The Kier molecular flexibility index (Phi) is 6.22. The molecule has 0 aliphatic carbocycles. The number of ether oxygens (including phenoxy) is 2. The predicted molar refractivity (Wildman–Crippen MR) is 102 cm³/mol. The van der Waals surface area contributed by atoms with E-state index in [1.54, 1.807) is 18.2 Å². The number of hydrogen-bond donors (Lipinski definition) is 2. The van der Waals surface area contributed by atoms with Gasteiger partial charge in [-0.2, -0.15) is 0 Å². The van der Waals surface area contributed by atoms with Crippen LogP contribution in [0.5, 0.6) is 11.5 Å². The van der Waals surface area contributed by atoms with Gasteiger partial charge in [-0.15, -0.1) is 0 Å². The number of para-hydroxylation sites is 1. The number of benzene rings is 2. The third-order valence-electron chi connectivity index (χ3n) is 4.01. The van der Waals surface area contributed by atoms with Crippen LogP contribution in [0.2, 0.25) is 0 Å². The molecule has 0 aliphatic rings. The van der Waals surface area contributed by atoms with Crippen molar-refractivity contribution >= 4 is 23.2 Å². The summed E-state index contributed by atoms with van der Waals surface area (Å²) in [6.45, 7) is 5.97. The second-order valence-electron chi connectivity index (χ2n) is 6.17. The molecule has 0 heterocycles. The maximum atomic E-state index is 12.3. The topological polar surface area (TPSA) is 76.7 Å². The molecule has 0 atom stereocenters. The van der Waals surface area contributed by atoms with Gasteiger partial charge in [0.15, 0.2) is 11.5 Å². The van der Waals surface area contributed by atoms with Crippen molar-refractivity contribution in [3.8, 4) is 11.5 Å². The lowest BCUT2D eigenvalue weighted by Gasteiger charge is -2.16. The lowest BCUT2D eigenvalue weighted by Crippen LogP contribution is -2.29. The van der Waals surface area contributed by atoms with E-state index in [2.05, 4.69) is 10.6 Å². The molecule has 0 bridgehead atoms. The number of rotatable bonds is 5. The van der Waals surface area contributed by atoms with E-state index in [9.17, 15) is 9.59 Å². The van der Waals surface area contributed by atoms with Gasteiger partial charge in [-0.1, -0.05) is 32.0 Å². The van der Waals surface area contributed by atoms with Crippen LogP contribution in [0, 0.1) is 6.92 Å². The van der Waals surface area contributed by atoms with E-state index in [1.165, 1.54) is 14.2 Å². The van der Waals surface area contributed by atoms with Gasteiger partial charge in [0.2, 0.25) is 0 Å². The van der Waals surface area contributed by atoms with Crippen molar-refractivity contribution in [2.75, 3.05) is 24.9 Å². The molecule has 0 saturated heterocycles. The second-order valence-corrected chi connectivity index (χ2v) is 6.17. The molecule has 0 unspecified atom stereocenters. The highest BCUT2D eigenvalue weighted by Crippen LogP contribution is 2.30. The minimum atomic E-state index is -0.754. The van der Waals surface area contributed by atoms with Crippen molar-refractivity contribution in [3.05, 3.63) is 47.5 Å². The van der Waals surface area contributed by atoms with Crippen molar-refractivity contribution in [2.45, 2.75) is 26.7 Å². The van der Waals surface area contributed by atoms with Gasteiger partial charge < -0.3 is 20.1 Å². The van der Waals surface area contributed by atoms with Crippen LogP contribution in [0.15, 0.2) is 36.4 Å². The standard InChI is InChI=1S/C20H24N2O4/c1-12(2)15-8-6-7-13(3)18(15)22-20(24)19(23)21-14-9-10-16(25-4)17(11-14)26-5/h6-12H,1-5H3,(H,21,23)(H,22,24). The van der Waals surface area contributed by atoms with Crippen molar-refractivity contribution in [2.24, 2.45) is 0 Å². The largest absolute Gasteiger partial charge is 0.493 e. The van der Waals surface area contributed by atoms with Crippen LogP contribution in [0.1, 0.15) is 30.9 Å². The molecule has 2 N–H and O–H groups in total. The zero-order valence-corrected chi connectivity index (χ0v) is 15.7. The molecular weight excluding hydrogens is 332 g/mol. The fourth-order valence-electron chi connectivity index (χ4n) is 2.61. The summed E-state index contributed by atoms with van der Waals surface area (Å²) < 4.78 is 10.3. The molecule has 26 heavy (non-hydrogen) atoms. The minimum absolute atomic E-state index is 0.221. The second kappa shape index (κ2) is 8.38. The summed E-state index contributed by atoms with van der Waals surface area (Å²) in [5.74, 6) is -0.256. The van der Waals surface area contributed by atoms with Crippen molar-refractivity contribution in [1.29, 1.82) is 0 Å². The molecule has 6 heteroatoms. The Morgan fingerprint density at radius 2 is 1.58 bits per heavy atom. The summed E-state index contributed by atoms with van der Waals surface area (Å²) in [7, 11) is 3.03. The Hall–Kier alpha value is -3.02. The van der Waals surface area contributed by atoms with E-state index in [-0.39, 0.29) is 5.92 Å². The van der Waals surface area contributed by atoms with Crippen LogP contribution in [0.3, 0.4) is 0 Å². The fourth-order valence-corrected chi connectivity index (χ4v) is 2.61. The van der Waals surface area contributed by atoms with Gasteiger partial charge in [0, 0.05) is 17.4 Å². The third-order valence-corrected chi connectivity index (χ3v) is 4.01. The summed E-state index contributed by atoms with van der Waals surface area (Å²) >= 11 is 0. The molecule has 2 aromatic carbocycles. The van der Waals surface area contributed by atoms with Gasteiger partial charge in [0.1, 0.15) is 0 Å². The molecule has 0 saturated carbocycles. The number of carbonyl (C=O) groups is 2. The average Bonchev–Trinajstić information content (AvgIpc) is 2.62. The number of hydrogen-bond acceptors (Lipinski definition) is 4. The average molecular weight is 356 g/mol. The molecule has 2 rings (SSSR count). The van der Waals surface area contributed by atoms with Crippen LogP contribution in [0.4, 0.5) is 11.4 Å². The lowest BCUT2D eigenvalue weighted by atomic mass is 9.98. The van der Waals surface area contributed by atoms with Crippen LogP contribution < -0.4 is 20.1 Å². The van der Waals surface area contributed by atoms with Crippen LogP contribution >= 0.6 is 0 Å². The zero-order valence-electron chi connectivity index (χ0n) is 15.7. The number of carbonyl (C=O) groups excluding carboxylic acids is 2. The summed E-state index contributed by atoms with van der Waals surface area (Å²) in [5, 5.41) is 5.29. The lowest BCUT2D eigenvalue weighted by molar-refractivity contribution is -0.133. The zero-order chi connectivity index (χ0) is 19.3. The normalized spacial score (nSPS) is 10.4. The smallest absolute Gasteiger partial charge is 0.314 e. The molecule has 0 radical (unpaired) electrons. The van der Waals surface area contributed by atoms with Crippen LogP contribution in [0.25, 0.3) is 0 Å². The first-order chi connectivity index (χ1) is 12.4. The third kappa shape index (κ3) is 4.33. The van der Waals surface area contributed by atoms with Crippen molar-refractivity contribution in [3.63, 3.8) is 0 Å². The highest BCUT2D eigenvalue weighted by atomic mass is 16.5.